The molecule has 3 unspecified atom stereocenters. The van der Waals surface area contributed by atoms with Crippen LogP contribution in [0.1, 0.15) is 65.2 Å². The van der Waals surface area contributed by atoms with E-state index < -0.39 is 0 Å². The lowest BCUT2D eigenvalue weighted by Crippen LogP contribution is -2.34. The summed E-state index contributed by atoms with van der Waals surface area (Å²) in [5.41, 5.74) is 0.311. The van der Waals surface area contributed by atoms with Crippen LogP contribution in [-0.2, 0) is 4.74 Å². The van der Waals surface area contributed by atoms with E-state index in [1.807, 2.05) is 0 Å². The number of ether oxygens (including phenoxy) is 1. The van der Waals surface area contributed by atoms with Crippen molar-refractivity contribution in [1.82, 2.24) is 5.32 Å². The highest BCUT2D eigenvalue weighted by atomic mass is 16.5. The van der Waals surface area contributed by atoms with Gasteiger partial charge in [-0.3, -0.25) is 0 Å². The molecule has 0 aromatic carbocycles. The Kier molecular flexibility index (Phi) is 4.48. The lowest BCUT2D eigenvalue weighted by molar-refractivity contribution is -0.0449. The van der Waals surface area contributed by atoms with Crippen LogP contribution in [0.15, 0.2) is 0 Å². The van der Waals surface area contributed by atoms with Crippen molar-refractivity contribution in [1.29, 1.82) is 0 Å². The van der Waals surface area contributed by atoms with Crippen LogP contribution in [-0.4, -0.2) is 24.8 Å². The zero-order valence-corrected chi connectivity index (χ0v) is 11.8. The maximum absolute atomic E-state index is 6.39. The van der Waals surface area contributed by atoms with Gasteiger partial charge in [-0.15, -0.1) is 0 Å². The Morgan fingerprint density at radius 2 is 2.00 bits per heavy atom. The van der Waals surface area contributed by atoms with E-state index in [0.29, 0.717) is 17.7 Å². The molecule has 1 aliphatic carbocycles. The smallest absolute Gasteiger partial charge is 0.0687 e. The SMILES string of the molecule is CCC(NC)C(C)CC1CCC2(CCCC2)O1. The fourth-order valence-corrected chi connectivity index (χ4v) is 3.92. The molecule has 2 nitrogen and oxygen atoms in total. The summed E-state index contributed by atoms with van der Waals surface area (Å²) in [6, 6.07) is 0.652. The Morgan fingerprint density at radius 1 is 1.29 bits per heavy atom. The lowest BCUT2D eigenvalue weighted by atomic mass is 9.92. The number of hydrogen-bond donors (Lipinski definition) is 1. The molecule has 1 heterocycles. The van der Waals surface area contributed by atoms with Gasteiger partial charge in [-0.05, 0) is 51.5 Å². The lowest BCUT2D eigenvalue weighted by Gasteiger charge is -2.27. The van der Waals surface area contributed by atoms with Crippen molar-refractivity contribution in [3.8, 4) is 0 Å². The molecule has 3 atom stereocenters. The Hall–Kier alpha value is -0.0800. The molecule has 1 saturated heterocycles. The van der Waals surface area contributed by atoms with E-state index in [2.05, 4.69) is 26.2 Å². The first-order chi connectivity index (χ1) is 8.19. The fourth-order valence-electron chi connectivity index (χ4n) is 3.92. The van der Waals surface area contributed by atoms with E-state index in [-0.39, 0.29) is 0 Å². The molecule has 17 heavy (non-hydrogen) atoms. The molecule has 0 amide bonds. The van der Waals surface area contributed by atoms with Gasteiger partial charge in [0.1, 0.15) is 0 Å². The third-order valence-corrected chi connectivity index (χ3v) is 4.99. The van der Waals surface area contributed by atoms with Crippen LogP contribution in [0.4, 0.5) is 0 Å². The summed E-state index contributed by atoms with van der Waals surface area (Å²) < 4.78 is 6.39. The van der Waals surface area contributed by atoms with Crippen LogP contribution in [0.5, 0.6) is 0 Å². The van der Waals surface area contributed by atoms with Crippen LogP contribution < -0.4 is 5.32 Å². The molecule has 2 heteroatoms. The third-order valence-electron chi connectivity index (χ3n) is 4.99. The predicted molar refractivity (Wildman–Crippen MR) is 72.2 cm³/mol. The molecular weight excluding hydrogens is 210 g/mol. The second-order valence-electron chi connectivity index (χ2n) is 6.19. The average molecular weight is 239 g/mol. The Labute approximate surface area is 107 Å². The van der Waals surface area contributed by atoms with Gasteiger partial charge >= 0.3 is 0 Å². The molecule has 0 aromatic heterocycles. The maximum atomic E-state index is 6.39. The molecule has 0 aromatic rings. The van der Waals surface area contributed by atoms with E-state index in [1.165, 1.54) is 51.4 Å². The minimum absolute atomic E-state index is 0.311. The maximum Gasteiger partial charge on any atom is 0.0687 e. The van der Waals surface area contributed by atoms with Crippen LogP contribution >= 0.6 is 0 Å². The zero-order chi connectivity index (χ0) is 12.3. The molecule has 0 bridgehead atoms. The molecule has 1 N–H and O–H groups in total. The zero-order valence-electron chi connectivity index (χ0n) is 11.8. The summed E-state index contributed by atoms with van der Waals surface area (Å²) in [5.74, 6) is 0.728. The normalized spacial score (nSPS) is 30.9. The second-order valence-corrected chi connectivity index (χ2v) is 6.19. The summed E-state index contributed by atoms with van der Waals surface area (Å²) in [5, 5.41) is 3.43. The molecule has 0 radical (unpaired) electrons. The summed E-state index contributed by atoms with van der Waals surface area (Å²) in [4.78, 5) is 0. The molecule has 100 valence electrons. The number of hydrogen-bond acceptors (Lipinski definition) is 2. The summed E-state index contributed by atoms with van der Waals surface area (Å²) in [6.07, 6.45) is 11.0. The summed E-state index contributed by atoms with van der Waals surface area (Å²) in [7, 11) is 2.08. The van der Waals surface area contributed by atoms with Crippen molar-refractivity contribution < 1.29 is 4.74 Å². The van der Waals surface area contributed by atoms with Crippen LogP contribution in [0.25, 0.3) is 0 Å². The number of rotatable bonds is 5. The van der Waals surface area contributed by atoms with Gasteiger partial charge in [0, 0.05) is 6.04 Å². The van der Waals surface area contributed by atoms with Crippen molar-refractivity contribution in [3.63, 3.8) is 0 Å². The molecule has 1 aliphatic heterocycles. The van der Waals surface area contributed by atoms with E-state index >= 15 is 0 Å². The van der Waals surface area contributed by atoms with Gasteiger partial charge in [-0.25, -0.2) is 0 Å². The highest BCUT2D eigenvalue weighted by Gasteiger charge is 2.42. The highest BCUT2D eigenvalue weighted by molar-refractivity contribution is 4.93. The van der Waals surface area contributed by atoms with Gasteiger partial charge in [-0.1, -0.05) is 26.7 Å². The molecule has 1 spiro atoms. The first kappa shape index (κ1) is 13.4. The van der Waals surface area contributed by atoms with Crippen molar-refractivity contribution in [2.45, 2.75) is 83.0 Å². The fraction of sp³-hybridized carbons (Fsp3) is 1.00. The van der Waals surface area contributed by atoms with Gasteiger partial charge in [0.25, 0.3) is 0 Å². The largest absolute Gasteiger partial charge is 0.372 e. The molecular formula is C15H29NO. The Balaban J connectivity index is 1.80. The van der Waals surface area contributed by atoms with Crippen molar-refractivity contribution in [2.75, 3.05) is 7.05 Å². The molecule has 1 saturated carbocycles. The first-order valence-electron chi connectivity index (χ1n) is 7.54. The van der Waals surface area contributed by atoms with Gasteiger partial charge in [0.05, 0.1) is 11.7 Å². The topological polar surface area (TPSA) is 21.3 Å². The minimum atomic E-state index is 0.311. The summed E-state index contributed by atoms with van der Waals surface area (Å²) >= 11 is 0. The van der Waals surface area contributed by atoms with Crippen molar-refractivity contribution in [3.05, 3.63) is 0 Å². The number of nitrogens with one attached hydrogen (secondary N) is 1. The monoisotopic (exact) mass is 239 g/mol. The standard InChI is InChI=1S/C15H29NO/c1-4-14(16-3)12(2)11-13-7-10-15(17-13)8-5-6-9-15/h12-14,16H,4-11H2,1-3H3. The van der Waals surface area contributed by atoms with Crippen molar-refractivity contribution >= 4 is 0 Å². The summed E-state index contributed by atoms with van der Waals surface area (Å²) in [6.45, 7) is 4.64. The van der Waals surface area contributed by atoms with Gasteiger partial charge in [-0.2, -0.15) is 0 Å². The molecule has 2 fully saturated rings. The van der Waals surface area contributed by atoms with Crippen molar-refractivity contribution in [2.24, 2.45) is 5.92 Å². The van der Waals surface area contributed by atoms with E-state index in [0.717, 1.165) is 5.92 Å². The predicted octanol–water partition coefficient (Wildman–Crippen LogP) is 3.50. The first-order valence-corrected chi connectivity index (χ1v) is 7.54. The molecule has 2 aliphatic rings. The van der Waals surface area contributed by atoms with Crippen LogP contribution in [0.2, 0.25) is 0 Å². The second kappa shape index (κ2) is 5.71. The Bertz CT molecular complexity index is 231. The van der Waals surface area contributed by atoms with Crippen LogP contribution in [0, 0.1) is 5.92 Å². The van der Waals surface area contributed by atoms with Gasteiger partial charge in [0.2, 0.25) is 0 Å². The average Bonchev–Trinajstić information content (AvgIpc) is 2.92. The quantitative estimate of drug-likeness (QED) is 0.793. The minimum Gasteiger partial charge on any atom is -0.372 e. The Morgan fingerprint density at radius 3 is 2.59 bits per heavy atom. The van der Waals surface area contributed by atoms with E-state index in [1.54, 1.807) is 0 Å². The van der Waals surface area contributed by atoms with Crippen LogP contribution in [0.3, 0.4) is 0 Å². The van der Waals surface area contributed by atoms with E-state index in [4.69, 9.17) is 4.74 Å². The van der Waals surface area contributed by atoms with E-state index in [9.17, 15) is 0 Å². The highest BCUT2D eigenvalue weighted by Crippen LogP contribution is 2.44. The molecule has 2 rings (SSSR count). The van der Waals surface area contributed by atoms with Gasteiger partial charge in [0.15, 0.2) is 0 Å². The van der Waals surface area contributed by atoms with Gasteiger partial charge < -0.3 is 10.1 Å². The third kappa shape index (κ3) is 3.03.